The number of carbonyl (C=O) groups excluding carboxylic acids is 1. The first-order valence-corrected chi connectivity index (χ1v) is 7.27. The highest BCUT2D eigenvalue weighted by Gasteiger charge is 2.40. The van der Waals surface area contributed by atoms with Crippen LogP contribution >= 0.6 is 23.4 Å². The molecule has 1 aromatic rings. The summed E-state index contributed by atoms with van der Waals surface area (Å²) in [6.07, 6.45) is 0. The van der Waals surface area contributed by atoms with E-state index < -0.39 is 12.0 Å². The monoisotopic (exact) mass is 299 g/mol. The molecule has 0 aromatic heterocycles. The van der Waals surface area contributed by atoms with Crippen LogP contribution in [0.4, 0.5) is 0 Å². The van der Waals surface area contributed by atoms with Crippen LogP contribution in [0, 0.1) is 6.92 Å². The third-order valence-corrected chi connectivity index (χ3v) is 4.61. The molecule has 1 aromatic carbocycles. The summed E-state index contributed by atoms with van der Waals surface area (Å²) >= 11 is 7.34. The Kier molecular flexibility index (Phi) is 4.06. The minimum absolute atomic E-state index is 0.135. The SMILES string of the molecule is Cc1cc(Cl)ccc1C(=O)N1C(C)SCC1C(=O)O. The lowest BCUT2D eigenvalue weighted by Crippen LogP contribution is -2.45. The van der Waals surface area contributed by atoms with Crippen LogP contribution in [0.5, 0.6) is 0 Å². The number of carboxylic acid groups (broad SMARTS) is 1. The molecule has 2 rings (SSSR count). The number of aryl methyl sites for hydroxylation is 1. The van der Waals surface area contributed by atoms with Crippen LogP contribution in [-0.4, -0.2) is 39.1 Å². The van der Waals surface area contributed by atoms with Crippen molar-refractivity contribution in [3.63, 3.8) is 0 Å². The van der Waals surface area contributed by atoms with Crippen molar-refractivity contribution in [1.82, 2.24) is 4.90 Å². The zero-order valence-electron chi connectivity index (χ0n) is 10.6. The van der Waals surface area contributed by atoms with Gasteiger partial charge in [-0.15, -0.1) is 11.8 Å². The van der Waals surface area contributed by atoms with Gasteiger partial charge in [-0.3, -0.25) is 4.79 Å². The Bertz CT molecular complexity index is 535. The molecule has 19 heavy (non-hydrogen) atoms. The Labute approximate surface area is 120 Å². The van der Waals surface area contributed by atoms with E-state index in [0.717, 1.165) is 5.56 Å². The maximum atomic E-state index is 12.5. The Hall–Kier alpha value is -1.20. The average molecular weight is 300 g/mol. The molecule has 1 aliphatic rings. The first-order chi connectivity index (χ1) is 8.91. The van der Waals surface area contributed by atoms with Gasteiger partial charge in [-0.25, -0.2) is 4.79 Å². The van der Waals surface area contributed by atoms with Gasteiger partial charge in [-0.05, 0) is 37.6 Å². The molecule has 0 aliphatic carbocycles. The van der Waals surface area contributed by atoms with Crippen molar-refractivity contribution in [3.05, 3.63) is 34.3 Å². The summed E-state index contributed by atoms with van der Waals surface area (Å²) in [5, 5.41) is 9.61. The summed E-state index contributed by atoms with van der Waals surface area (Å²) in [6.45, 7) is 3.64. The average Bonchev–Trinajstić information content (AvgIpc) is 2.70. The zero-order chi connectivity index (χ0) is 14.2. The summed E-state index contributed by atoms with van der Waals surface area (Å²) in [6, 6.07) is 4.24. The topological polar surface area (TPSA) is 57.6 Å². The number of amides is 1. The molecule has 4 nitrogen and oxygen atoms in total. The lowest BCUT2D eigenvalue weighted by molar-refractivity contribution is -0.141. The van der Waals surface area contributed by atoms with Gasteiger partial charge in [0, 0.05) is 16.3 Å². The smallest absolute Gasteiger partial charge is 0.327 e. The molecule has 0 bridgehead atoms. The van der Waals surface area contributed by atoms with Gasteiger partial charge >= 0.3 is 5.97 Å². The minimum atomic E-state index is -0.961. The molecule has 1 fully saturated rings. The highest BCUT2D eigenvalue weighted by atomic mass is 35.5. The lowest BCUT2D eigenvalue weighted by Gasteiger charge is -2.25. The quantitative estimate of drug-likeness (QED) is 0.912. The number of aliphatic carboxylic acids is 1. The highest BCUT2D eigenvalue weighted by molar-refractivity contribution is 8.00. The van der Waals surface area contributed by atoms with Crippen molar-refractivity contribution < 1.29 is 14.7 Å². The fourth-order valence-electron chi connectivity index (χ4n) is 2.15. The normalized spacial score (nSPS) is 22.6. The molecule has 6 heteroatoms. The number of rotatable bonds is 2. The van der Waals surface area contributed by atoms with Gasteiger partial charge in [0.05, 0.1) is 5.37 Å². The molecule has 102 valence electrons. The minimum Gasteiger partial charge on any atom is -0.480 e. The molecule has 1 aliphatic heterocycles. The van der Waals surface area contributed by atoms with Crippen molar-refractivity contribution in [2.24, 2.45) is 0 Å². The zero-order valence-corrected chi connectivity index (χ0v) is 12.2. The van der Waals surface area contributed by atoms with Crippen molar-refractivity contribution in [1.29, 1.82) is 0 Å². The fourth-order valence-corrected chi connectivity index (χ4v) is 3.54. The molecule has 1 heterocycles. The number of nitrogens with zero attached hydrogens (tertiary/aromatic N) is 1. The lowest BCUT2D eigenvalue weighted by atomic mass is 10.1. The largest absolute Gasteiger partial charge is 0.480 e. The maximum absolute atomic E-state index is 12.5. The molecule has 0 spiro atoms. The Morgan fingerprint density at radius 3 is 2.74 bits per heavy atom. The van der Waals surface area contributed by atoms with E-state index in [0.29, 0.717) is 16.3 Å². The van der Waals surface area contributed by atoms with E-state index in [1.807, 2.05) is 6.92 Å². The third-order valence-electron chi connectivity index (χ3n) is 3.16. The van der Waals surface area contributed by atoms with E-state index in [-0.39, 0.29) is 11.3 Å². The molecule has 1 N–H and O–H groups in total. The van der Waals surface area contributed by atoms with E-state index in [2.05, 4.69) is 0 Å². The Balaban J connectivity index is 2.34. The molecule has 0 radical (unpaired) electrons. The van der Waals surface area contributed by atoms with Gasteiger partial charge in [-0.2, -0.15) is 0 Å². The molecule has 2 atom stereocenters. The number of carboxylic acids is 1. The number of benzene rings is 1. The summed E-state index contributed by atoms with van der Waals surface area (Å²) < 4.78 is 0. The first kappa shape index (κ1) is 14.2. The first-order valence-electron chi connectivity index (χ1n) is 5.85. The predicted molar refractivity (Wildman–Crippen MR) is 75.7 cm³/mol. The maximum Gasteiger partial charge on any atom is 0.327 e. The number of carbonyl (C=O) groups is 2. The van der Waals surface area contributed by atoms with E-state index in [9.17, 15) is 14.7 Å². The standard InChI is InChI=1S/C13H14ClNO3S/c1-7-5-9(14)3-4-10(7)12(16)15-8(2)19-6-11(15)13(17)18/h3-5,8,11H,6H2,1-2H3,(H,17,18). The van der Waals surface area contributed by atoms with Crippen LogP contribution in [0.2, 0.25) is 5.02 Å². The molecular weight excluding hydrogens is 286 g/mol. The summed E-state index contributed by atoms with van der Waals surface area (Å²) in [5.41, 5.74) is 1.26. The molecule has 0 saturated carbocycles. The van der Waals surface area contributed by atoms with Crippen LogP contribution in [0.15, 0.2) is 18.2 Å². The van der Waals surface area contributed by atoms with Gasteiger partial charge in [-0.1, -0.05) is 11.6 Å². The van der Waals surface area contributed by atoms with Gasteiger partial charge in [0.2, 0.25) is 0 Å². The van der Waals surface area contributed by atoms with Crippen LogP contribution in [0.3, 0.4) is 0 Å². The number of hydrogen-bond donors (Lipinski definition) is 1. The summed E-state index contributed by atoms with van der Waals surface area (Å²) in [4.78, 5) is 25.1. The third kappa shape index (κ3) is 2.72. The van der Waals surface area contributed by atoms with E-state index in [4.69, 9.17) is 11.6 Å². The van der Waals surface area contributed by atoms with Crippen molar-refractivity contribution >= 4 is 35.2 Å². The fraction of sp³-hybridized carbons (Fsp3) is 0.385. The van der Waals surface area contributed by atoms with Gasteiger partial charge in [0.15, 0.2) is 0 Å². The molecule has 1 saturated heterocycles. The second-order valence-electron chi connectivity index (χ2n) is 4.46. The van der Waals surface area contributed by atoms with E-state index in [1.165, 1.54) is 16.7 Å². The van der Waals surface area contributed by atoms with Crippen LogP contribution in [0.1, 0.15) is 22.8 Å². The molecule has 2 unspecified atom stereocenters. The number of halogens is 1. The predicted octanol–water partition coefficient (Wildman–Crippen LogP) is 2.64. The van der Waals surface area contributed by atoms with Crippen LogP contribution in [-0.2, 0) is 4.79 Å². The van der Waals surface area contributed by atoms with Gasteiger partial charge in [0.1, 0.15) is 6.04 Å². The van der Waals surface area contributed by atoms with E-state index in [1.54, 1.807) is 25.1 Å². The van der Waals surface area contributed by atoms with Crippen molar-refractivity contribution in [3.8, 4) is 0 Å². The van der Waals surface area contributed by atoms with E-state index >= 15 is 0 Å². The summed E-state index contributed by atoms with van der Waals surface area (Å²) in [7, 11) is 0. The number of thioether (sulfide) groups is 1. The highest BCUT2D eigenvalue weighted by Crippen LogP contribution is 2.31. The van der Waals surface area contributed by atoms with Crippen molar-refractivity contribution in [2.75, 3.05) is 5.75 Å². The van der Waals surface area contributed by atoms with Gasteiger partial charge < -0.3 is 10.0 Å². The summed E-state index contributed by atoms with van der Waals surface area (Å²) in [5.74, 6) is -0.787. The molecule has 1 amide bonds. The second-order valence-corrected chi connectivity index (χ2v) is 6.24. The Morgan fingerprint density at radius 1 is 1.47 bits per heavy atom. The van der Waals surface area contributed by atoms with Gasteiger partial charge in [0.25, 0.3) is 5.91 Å². The molecular formula is C13H14ClNO3S. The van der Waals surface area contributed by atoms with Crippen LogP contribution < -0.4 is 0 Å². The Morgan fingerprint density at radius 2 is 2.16 bits per heavy atom. The van der Waals surface area contributed by atoms with Crippen molar-refractivity contribution in [2.45, 2.75) is 25.3 Å². The number of hydrogen-bond acceptors (Lipinski definition) is 3. The second kappa shape index (κ2) is 5.43. The van der Waals surface area contributed by atoms with Crippen LogP contribution in [0.25, 0.3) is 0 Å².